The van der Waals surface area contributed by atoms with Crippen molar-refractivity contribution >= 4 is 0 Å². The van der Waals surface area contributed by atoms with Gasteiger partial charge >= 0.3 is 35.8 Å². The van der Waals surface area contributed by atoms with Gasteiger partial charge in [0.25, 0.3) is 0 Å². The highest BCUT2D eigenvalue weighted by Crippen LogP contribution is 2.60. The van der Waals surface area contributed by atoms with E-state index >= 15 is 0 Å². The molecule has 14 heteroatoms. The Labute approximate surface area is 174 Å². The first-order valence-electron chi connectivity index (χ1n) is 9.00. The second-order valence-corrected chi connectivity index (χ2v) is 6.99. The second kappa shape index (κ2) is 9.26. The van der Waals surface area contributed by atoms with Crippen LogP contribution in [-0.2, 0) is 13.0 Å². The monoisotopic (exact) mass is 495 g/mol. The fourth-order valence-electron chi connectivity index (χ4n) is 2.49. The summed E-state index contributed by atoms with van der Waals surface area (Å²) in [5, 5.41) is 2.99. The average Bonchev–Trinajstić information content (AvgIpc) is 2.66. The number of hydrogen-bond acceptors (Lipinski definition) is 1. The molecule has 0 unspecified atom stereocenters. The lowest BCUT2D eigenvalue weighted by Crippen LogP contribution is -2.70. The molecule has 1 N–H and O–H groups in total. The first kappa shape index (κ1) is 28.3. The molecule has 186 valence electrons. The van der Waals surface area contributed by atoms with Crippen LogP contribution in [0.25, 0.3) is 0 Å². The number of hydrogen-bond donors (Lipinski definition) is 1. The molecule has 1 aromatic carbocycles. The predicted octanol–water partition coefficient (Wildman–Crippen LogP) is 6.86. The molecule has 0 aromatic heterocycles. The van der Waals surface area contributed by atoms with Gasteiger partial charge in [-0.25, -0.2) is 0 Å². The first-order chi connectivity index (χ1) is 14.3. The third-order valence-electron chi connectivity index (χ3n) is 4.50. The van der Waals surface area contributed by atoms with E-state index in [1.807, 2.05) is 6.92 Å². The van der Waals surface area contributed by atoms with Gasteiger partial charge in [-0.05, 0) is 30.5 Å². The smallest absolute Gasteiger partial charge is 0.313 e. The van der Waals surface area contributed by atoms with E-state index in [4.69, 9.17) is 0 Å². The quantitative estimate of drug-likeness (QED) is 0.261. The highest BCUT2D eigenvalue weighted by Gasteiger charge is 2.90. The molecule has 0 atom stereocenters. The SMILES string of the molecule is CCCNCc1ccc(CCC(F)(F)C(F)(F)C(F)(F)C(F)(F)C(F)(F)C(F)(F)F)cc1. The van der Waals surface area contributed by atoms with E-state index in [2.05, 4.69) is 5.32 Å². The van der Waals surface area contributed by atoms with Gasteiger partial charge < -0.3 is 5.32 Å². The number of rotatable bonds is 11. The maximum atomic E-state index is 13.8. The highest BCUT2D eigenvalue weighted by molar-refractivity contribution is 5.23. The molecule has 0 spiro atoms. The molecule has 0 radical (unpaired) electrons. The van der Waals surface area contributed by atoms with Crippen LogP contribution in [0.2, 0.25) is 0 Å². The van der Waals surface area contributed by atoms with Crippen LogP contribution in [0, 0.1) is 0 Å². The molecule has 0 heterocycles. The van der Waals surface area contributed by atoms with E-state index in [1.54, 1.807) is 0 Å². The number of aryl methyl sites for hydroxylation is 1. The Hall–Kier alpha value is -1.73. The Morgan fingerprint density at radius 3 is 1.50 bits per heavy atom. The summed E-state index contributed by atoms with van der Waals surface area (Å²) >= 11 is 0. The molecule has 0 amide bonds. The zero-order valence-electron chi connectivity index (χ0n) is 16.3. The summed E-state index contributed by atoms with van der Waals surface area (Å²) in [6, 6.07) is 5.06. The zero-order valence-corrected chi connectivity index (χ0v) is 16.3. The van der Waals surface area contributed by atoms with Gasteiger partial charge in [0.1, 0.15) is 0 Å². The largest absolute Gasteiger partial charge is 0.460 e. The summed E-state index contributed by atoms with van der Waals surface area (Å²) in [5.41, 5.74) is 0.523. The van der Waals surface area contributed by atoms with Crippen molar-refractivity contribution in [2.75, 3.05) is 6.54 Å². The summed E-state index contributed by atoms with van der Waals surface area (Å²) < 4.78 is 170. The van der Waals surface area contributed by atoms with Crippen molar-refractivity contribution in [3.8, 4) is 0 Å². The predicted molar refractivity (Wildman–Crippen MR) is 87.6 cm³/mol. The van der Waals surface area contributed by atoms with E-state index in [-0.39, 0.29) is 5.56 Å². The minimum Gasteiger partial charge on any atom is -0.313 e. The van der Waals surface area contributed by atoms with Gasteiger partial charge in [0.2, 0.25) is 0 Å². The Morgan fingerprint density at radius 2 is 1.06 bits per heavy atom. The van der Waals surface area contributed by atoms with Crippen LogP contribution in [0.15, 0.2) is 24.3 Å². The first-order valence-corrected chi connectivity index (χ1v) is 9.00. The minimum atomic E-state index is -7.86. The number of halogens is 13. The topological polar surface area (TPSA) is 12.0 Å². The van der Waals surface area contributed by atoms with Crippen LogP contribution < -0.4 is 5.32 Å². The van der Waals surface area contributed by atoms with Gasteiger partial charge in [-0.15, -0.1) is 0 Å². The molecular formula is C18H18F13N. The number of benzene rings is 1. The lowest BCUT2D eigenvalue weighted by Gasteiger charge is -2.39. The van der Waals surface area contributed by atoms with Crippen LogP contribution in [-0.4, -0.2) is 42.3 Å². The standard InChI is InChI=1S/C18H18F13N/c1-2-9-32-10-12-5-3-11(4-6-12)7-8-13(19,20)14(21,22)15(23,24)16(25,26)17(27,28)18(29,30)31/h3-6,32H,2,7-10H2,1H3. The molecule has 0 bridgehead atoms. The molecule has 1 rings (SSSR count). The molecule has 0 saturated heterocycles. The van der Waals surface area contributed by atoms with Crippen LogP contribution in [0.3, 0.4) is 0 Å². The van der Waals surface area contributed by atoms with Gasteiger partial charge in [0, 0.05) is 13.0 Å². The van der Waals surface area contributed by atoms with Crippen LogP contribution in [0.1, 0.15) is 30.9 Å². The summed E-state index contributed by atoms with van der Waals surface area (Å²) in [6.07, 6.45) is -9.90. The highest BCUT2D eigenvalue weighted by atomic mass is 19.4. The van der Waals surface area contributed by atoms with E-state index in [9.17, 15) is 57.1 Å². The summed E-state index contributed by atoms with van der Waals surface area (Å²) in [5.74, 6) is -36.6. The summed E-state index contributed by atoms with van der Waals surface area (Å²) in [4.78, 5) is 0. The fraction of sp³-hybridized carbons (Fsp3) is 0.667. The molecule has 0 aliphatic carbocycles. The van der Waals surface area contributed by atoms with Crippen LogP contribution >= 0.6 is 0 Å². The number of nitrogens with one attached hydrogen (secondary N) is 1. The third kappa shape index (κ3) is 5.09. The maximum Gasteiger partial charge on any atom is 0.460 e. The van der Waals surface area contributed by atoms with Crippen molar-refractivity contribution in [2.45, 2.75) is 68.5 Å². The van der Waals surface area contributed by atoms with E-state index in [0.29, 0.717) is 18.7 Å². The zero-order chi connectivity index (χ0) is 25.2. The Kier molecular flexibility index (Phi) is 8.19. The van der Waals surface area contributed by atoms with Gasteiger partial charge in [-0.1, -0.05) is 31.2 Å². The van der Waals surface area contributed by atoms with Crippen molar-refractivity contribution in [2.24, 2.45) is 0 Å². The second-order valence-electron chi connectivity index (χ2n) is 6.99. The van der Waals surface area contributed by atoms with Crippen molar-refractivity contribution in [3.63, 3.8) is 0 Å². The van der Waals surface area contributed by atoms with Gasteiger partial charge in [-0.2, -0.15) is 57.1 Å². The maximum absolute atomic E-state index is 13.8. The van der Waals surface area contributed by atoms with Crippen molar-refractivity contribution < 1.29 is 57.1 Å². The lowest BCUT2D eigenvalue weighted by molar-refractivity contribution is -0.440. The molecule has 0 fully saturated rings. The molecule has 0 saturated carbocycles. The van der Waals surface area contributed by atoms with Gasteiger partial charge in [-0.3, -0.25) is 0 Å². The molecule has 0 aliphatic rings. The molecular weight excluding hydrogens is 477 g/mol. The van der Waals surface area contributed by atoms with E-state index < -0.39 is 48.6 Å². The van der Waals surface area contributed by atoms with E-state index in [0.717, 1.165) is 18.6 Å². The van der Waals surface area contributed by atoms with Crippen molar-refractivity contribution in [1.29, 1.82) is 0 Å². The number of alkyl halides is 13. The third-order valence-corrected chi connectivity index (χ3v) is 4.50. The average molecular weight is 495 g/mol. The van der Waals surface area contributed by atoms with Crippen molar-refractivity contribution in [1.82, 2.24) is 5.32 Å². The Balaban J connectivity index is 3.05. The van der Waals surface area contributed by atoms with Crippen molar-refractivity contribution in [3.05, 3.63) is 35.4 Å². The minimum absolute atomic E-state index is 0.115. The van der Waals surface area contributed by atoms with Gasteiger partial charge in [0.05, 0.1) is 0 Å². The van der Waals surface area contributed by atoms with Crippen LogP contribution in [0.5, 0.6) is 0 Å². The van der Waals surface area contributed by atoms with Gasteiger partial charge in [0.15, 0.2) is 0 Å². The molecule has 1 aromatic rings. The van der Waals surface area contributed by atoms with E-state index in [1.165, 1.54) is 12.1 Å². The molecule has 32 heavy (non-hydrogen) atoms. The Morgan fingerprint density at radius 1 is 0.625 bits per heavy atom. The fourth-order valence-corrected chi connectivity index (χ4v) is 2.49. The summed E-state index contributed by atoms with van der Waals surface area (Å²) in [6.45, 7) is 2.89. The molecule has 1 nitrogen and oxygen atoms in total. The Bertz CT molecular complexity index is 738. The lowest BCUT2D eigenvalue weighted by atomic mass is 9.91. The normalized spacial score (nSPS) is 14.7. The van der Waals surface area contributed by atoms with Crippen LogP contribution in [0.4, 0.5) is 57.1 Å². The summed E-state index contributed by atoms with van der Waals surface area (Å²) in [7, 11) is 0. The molecule has 0 aliphatic heterocycles.